The molecule has 5 nitrogen and oxygen atoms in total. The molecular formula is C19H21F3N4O. The number of rotatable bonds is 3. The zero-order chi connectivity index (χ0) is 19.1. The van der Waals surface area contributed by atoms with E-state index < -0.39 is 6.36 Å². The van der Waals surface area contributed by atoms with E-state index in [1.165, 1.54) is 12.1 Å². The van der Waals surface area contributed by atoms with Gasteiger partial charge in [-0.3, -0.25) is 4.90 Å². The molecule has 1 saturated heterocycles. The van der Waals surface area contributed by atoms with Gasteiger partial charge in [-0.2, -0.15) is 0 Å². The lowest BCUT2D eigenvalue weighted by Gasteiger charge is -2.40. The number of nitrogens with two attached hydrogens (primary N) is 1. The highest BCUT2D eigenvalue weighted by Gasteiger charge is 2.43. The fourth-order valence-corrected chi connectivity index (χ4v) is 4.41. The smallest absolute Gasteiger partial charge is 0.406 e. The molecule has 27 heavy (non-hydrogen) atoms. The van der Waals surface area contributed by atoms with Gasteiger partial charge in [0.05, 0.1) is 5.69 Å². The summed E-state index contributed by atoms with van der Waals surface area (Å²) < 4.78 is 41.4. The van der Waals surface area contributed by atoms with Gasteiger partial charge in [-0.25, -0.2) is 9.97 Å². The second-order valence-electron chi connectivity index (χ2n) is 7.39. The molecule has 0 amide bonds. The van der Waals surface area contributed by atoms with Gasteiger partial charge in [-0.15, -0.1) is 13.2 Å². The summed E-state index contributed by atoms with van der Waals surface area (Å²) in [6.07, 6.45) is 1.16. The topological polar surface area (TPSA) is 64.3 Å². The normalized spacial score (nSPS) is 22.8. The molecule has 8 heteroatoms. The van der Waals surface area contributed by atoms with E-state index in [-0.39, 0.29) is 11.2 Å². The molecule has 2 aliphatic rings. The van der Waals surface area contributed by atoms with Crippen molar-refractivity contribution in [3.05, 3.63) is 47.3 Å². The summed E-state index contributed by atoms with van der Waals surface area (Å²) in [4.78, 5) is 10.9. The Hall–Kier alpha value is -2.35. The number of likely N-dealkylation sites (tertiary alicyclic amines) is 1. The van der Waals surface area contributed by atoms with E-state index in [2.05, 4.69) is 19.6 Å². The standard InChI is InChI=1S/C19H21F3N4O/c20-19(21,22)27-15-4-1-3-13(9-15)11-26-8-2-6-18(12-26)7-5-14-10-24-17(23)25-16(14)18/h1,3-4,9-10H,2,5-8,11-12H2,(H2,23,24,25). The molecule has 2 aromatic rings. The molecule has 1 atom stereocenters. The number of nitrogens with zero attached hydrogens (tertiary/aromatic N) is 3. The first-order valence-corrected chi connectivity index (χ1v) is 9.02. The fraction of sp³-hybridized carbons (Fsp3) is 0.474. The maximum Gasteiger partial charge on any atom is 0.573 e. The number of benzene rings is 1. The quantitative estimate of drug-likeness (QED) is 0.887. The zero-order valence-corrected chi connectivity index (χ0v) is 14.8. The number of alkyl halides is 3. The summed E-state index contributed by atoms with van der Waals surface area (Å²) >= 11 is 0. The first-order valence-electron chi connectivity index (χ1n) is 9.02. The number of nitrogen functional groups attached to an aromatic ring is 1. The number of aromatic nitrogens is 2. The van der Waals surface area contributed by atoms with Gasteiger partial charge >= 0.3 is 6.36 Å². The summed E-state index contributed by atoms with van der Waals surface area (Å²) in [6, 6.07) is 6.20. The van der Waals surface area contributed by atoms with Crippen LogP contribution in [0.3, 0.4) is 0 Å². The molecule has 1 aliphatic heterocycles. The minimum atomic E-state index is -4.68. The van der Waals surface area contributed by atoms with Crippen molar-refractivity contribution in [2.75, 3.05) is 18.8 Å². The summed E-state index contributed by atoms with van der Waals surface area (Å²) in [5.74, 6) is 0.114. The van der Waals surface area contributed by atoms with Crippen LogP contribution < -0.4 is 10.5 Å². The SMILES string of the molecule is Nc1ncc2c(n1)C1(CCCN(Cc3cccc(OC(F)(F)F)c3)C1)CC2. The minimum absolute atomic E-state index is 0.0370. The Kier molecular flexibility index (Phi) is 4.46. The van der Waals surface area contributed by atoms with Gasteiger partial charge in [0.15, 0.2) is 0 Å². The summed E-state index contributed by atoms with van der Waals surface area (Å²) in [7, 11) is 0. The highest BCUT2D eigenvalue weighted by Crippen LogP contribution is 2.44. The van der Waals surface area contributed by atoms with Gasteiger partial charge in [-0.1, -0.05) is 12.1 Å². The van der Waals surface area contributed by atoms with Crippen LogP contribution in [0.25, 0.3) is 0 Å². The largest absolute Gasteiger partial charge is 0.573 e. The van der Waals surface area contributed by atoms with Crippen LogP contribution in [0.2, 0.25) is 0 Å². The third-order valence-corrected chi connectivity index (χ3v) is 5.45. The molecule has 1 aliphatic carbocycles. The molecule has 1 aromatic carbocycles. The molecule has 2 N–H and O–H groups in total. The predicted molar refractivity (Wildman–Crippen MR) is 94.1 cm³/mol. The van der Waals surface area contributed by atoms with Crippen LogP contribution in [0.4, 0.5) is 19.1 Å². The molecular weight excluding hydrogens is 357 g/mol. The van der Waals surface area contributed by atoms with E-state index in [0.29, 0.717) is 12.5 Å². The molecule has 1 aromatic heterocycles. The number of hydrogen-bond donors (Lipinski definition) is 1. The number of aryl methyl sites for hydroxylation is 1. The maximum atomic E-state index is 12.5. The highest BCUT2D eigenvalue weighted by molar-refractivity contribution is 5.37. The Morgan fingerprint density at radius 3 is 2.93 bits per heavy atom. The highest BCUT2D eigenvalue weighted by atomic mass is 19.4. The van der Waals surface area contributed by atoms with Crippen molar-refractivity contribution >= 4 is 5.95 Å². The summed E-state index contributed by atoms with van der Waals surface area (Å²) in [5, 5.41) is 0. The average Bonchev–Trinajstić information content (AvgIpc) is 2.91. The minimum Gasteiger partial charge on any atom is -0.406 e. The van der Waals surface area contributed by atoms with Crippen molar-refractivity contribution in [3.63, 3.8) is 0 Å². The second-order valence-corrected chi connectivity index (χ2v) is 7.39. The van der Waals surface area contributed by atoms with Crippen molar-refractivity contribution in [1.82, 2.24) is 14.9 Å². The monoisotopic (exact) mass is 378 g/mol. The number of ether oxygens (including phenoxy) is 1. The molecule has 0 bridgehead atoms. The van der Waals surface area contributed by atoms with Crippen LogP contribution in [0.5, 0.6) is 5.75 Å². The van der Waals surface area contributed by atoms with E-state index in [1.807, 2.05) is 12.3 Å². The Balaban J connectivity index is 1.51. The molecule has 4 rings (SSSR count). The van der Waals surface area contributed by atoms with E-state index in [4.69, 9.17) is 5.73 Å². The molecule has 0 saturated carbocycles. The lowest BCUT2D eigenvalue weighted by molar-refractivity contribution is -0.274. The Labute approximate surface area is 155 Å². The first kappa shape index (κ1) is 18.0. The number of anilines is 1. The second kappa shape index (κ2) is 6.67. The van der Waals surface area contributed by atoms with E-state index in [1.54, 1.807) is 6.07 Å². The predicted octanol–water partition coefficient (Wildman–Crippen LogP) is 3.44. The molecule has 1 spiro atoms. The molecule has 144 valence electrons. The van der Waals surface area contributed by atoms with Gasteiger partial charge in [0.2, 0.25) is 5.95 Å². The molecule has 1 fully saturated rings. The van der Waals surface area contributed by atoms with Crippen LogP contribution in [-0.4, -0.2) is 34.3 Å². The van der Waals surface area contributed by atoms with E-state index in [0.717, 1.165) is 55.6 Å². The van der Waals surface area contributed by atoms with Crippen LogP contribution in [0, 0.1) is 0 Å². The lowest BCUT2D eigenvalue weighted by Crippen LogP contribution is -2.45. The van der Waals surface area contributed by atoms with Gasteiger partial charge in [-0.05, 0) is 55.5 Å². The molecule has 2 heterocycles. The van der Waals surface area contributed by atoms with Crippen molar-refractivity contribution < 1.29 is 17.9 Å². The number of halogens is 3. The Bertz CT molecular complexity index is 838. The zero-order valence-electron chi connectivity index (χ0n) is 14.8. The summed E-state index contributed by atoms with van der Waals surface area (Å²) in [5.41, 5.74) is 8.78. The van der Waals surface area contributed by atoms with Crippen LogP contribution in [-0.2, 0) is 18.4 Å². The molecule has 1 unspecified atom stereocenters. The van der Waals surface area contributed by atoms with Crippen molar-refractivity contribution in [2.45, 2.75) is 44.0 Å². The van der Waals surface area contributed by atoms with Gasteiger partial charge in [0.1, 0.15) is 5.75 Å². The fourth-order valence-electron chi connectivity index (χ4n) is 4.41. The number of piperidine rings is 1. The van der Waals surface area contributed by atoms with Crippen LogP contribution >= 0.6 is 0 Å². The Morgan fingerprint density at radius 2 is 2.11 bits per heavy atom. The van der Waals surface area contributed by atoms with Crippen molar-refractivity contribution in [1.29, 1.82) is 0 Å². The van der Waals surface area contributed by atoms with Crippen LogP contribution in [0.1, 0.15) is 36.1 Å². The lowest BCUT2D eigenvalue weighted by atomic mass is 9.77. The molecule has 0 radical (unpaired) electrons. The number of hydrogen-bond acceptors (Lipinski definition) is 5. The van der Waals surface area contributed by atoms with Gasteiger partial charge in [0.25, 0.3) is 0 Å². The maximum absolute atomic E-state index is 12.5. The third kappa shape index (κ3) is 3.85. The third-order valence-electron chi connectivity index (χ3n) is 5.45. The van der Waals surface area contributed by atoms with Gasteiger partial charge < -0.3 is 10.5 Å². The number of fused-ring (bicyclic) bond motifs is 2. The Morgan fingerprint density at radius 1 is 1.26 bits per heavy atom. The van der Waals surface area contributed by atoms with Gasteiger partial charge in [0, 0.05) is 24.7 Å². The average molecular weight is 378 g/mol. The van der Waals surface area contributed by atoms with E-state index in [9.17, 15) is 13.2 Å². The first-order chi connectivity index (χ1) is 12.8. The van der Waals surface area contributed by atoms with Crippen molar-refractivity contribution in [2.24, 2.45) is 0 Å². The summed E-state index contributed by atoms with van der Waals surface area (Å²) in [6.45, 7) is 2.30. The van der Waals surface area contributed by atoms with Crippen molar-refractivity contribution in [3.8, 4) is 5.75 Å². The van der Waals surface area contributed by atoms with E-state index >= 15 is 0 Å². The van der Waals surface area contributed by atoms with Crippen LogP contribution in [0.15, 0.2) is 30.5 Å².